The van der Waals surface area contributed by atoms with Gasteiger partial charge in [0.15, 0.2) is 0 Å². The Balaban J connectivity index is 2.03. The lowest BCUT2D eigenvalue weighted by Crippen LogP contribution is -2.24. The van der Waals surface area contributed by atoms with Crippen LogP contribution in [0, 0.1) is 5.92 Å². The number of hydrogen-bond acceptors (Lipinski definition) is 2. The van der Waals surface area contributed by atoms with Crippen molar-refractivity contribution < 1.29 is 4.74 Å². The van der Waals surface area contributed by atoms with Gasteiger partial charge in [-0.2, -0.15) is 0 Å². The molecule has 1 aromatic carbocycles. The van der Waals surface area contributed by atoms with Gasteiger partial charge < -0.3 is 10.5 Å². The highest BCUT2D eigenvalue weighted by Gasteiger charge is 2.20. The monoisotopic (exact) mass is 311 g/mol. The lowest BCUT2D eigenvalue weighted by Gasteiger charge is -2.27. The molecule has 0 spiro atoms. The van der Waals surface area contributed by atoms with Crippen LogP contribution in [0.25, 0.3) is 0 Å². The summed E-state index contributed by atoms with van der Waals surface area (Å²) in [7, 11) is 0. The fourth-order valence-corrected chi connectivity index (χ4v) is 3.35. The van der Waals surface area contributed by atoms with Crippen molar-refractivity contribution in [3.05, 3.63) is 28.2 Å². The number of ether oxygens (including phenoxy) is 1. The SMILES string of the molecule is CC1CCCC(Oc2ccc([C@@H](C)N)c(Br)c2)C1. The molecule has 100 valence electrons. The quantitative estimate of drug-likeness (QED) is 0.896. The molecule has 1 aromatic rings. The molecule has 2 N–H and O–H groups in total. The van der Waals surface area contributed by atoms with E-state index in [2.05, 4.69) is 28.9 Å². The third-order valence-electron chi connectivity index (χ3n) is 3.65. The predicted octanol–water partition coefficient (Wildman–Crippen LogP) is 4.43. The summed E-state index contributed by atoms with van der Waals surface area (Å²) >= 11 is 3.56. The smallest absolute Gasteiger partial charge is 0.120 e. The zero-order valence-electron chi connectivity index (χ0n) is 11.2. The Bertz CT molecular complexity index is 405. The van der Waals surface area contributed by atoms with E-state index in [0.29, 0.717) is 6.10 Å². The van der Waals surface area contributed by atoms with Crippen LogP contribution in [-0.2, 0) is 0 Å². The van der Waals surface area contributed by atoms with E-state index in [1.165, 1.54) is 25.7 Å². The average molecular weight is 312 g/mol. The van der Waals surface area contributed by atoms with Gasteiger partial charge in [-0.25, -0.2) is 0 Å². The second kappa shape index (κ2) is 6.07. The second-order valence-corrected chi connectivity index (χ2v) is 6.34. The van der Waals surface area contributed by atoms with Crippen molar-refractivity contribution in [1.82, 2.24) is 0 Å². The molecule has 2 rings (SSSR count). The molecule has 0 saturated heterocycles. The van der Waals surface area contributed by atoms with Crippen LogP contribution < -0.4 is 10.5 Å². The van der Waals surface area contributed by atoms with Gasteiger partial charge in [-0.15, -0.1) is 0 Å². The summed E-state index contributed by atoms with van der Waals surface area (Å²) in [5.41, 5.74) is 7.02. The summed E-state index contributed by atoms with van der Waals surface area (Å²) < 4.78 is 7.11. The van der Waals surface area contributed by atoms with Gasteiger partial charge in [0.05, 0.1) is 6.10 Å². The molecule has 0 radical (unpaired) electrons. The highest BCUT2D eigenvalue weighted by Crippen LogP contribution is 2.30. The molecule has 0 aliphatic heterocycles. The average Bonchev–Trinajstić information content (AvgIpc) is 2.28. The van der Waals surface area contributed by atoms with Gasteiger partial charge in [0.25, 0.3) is 0 Å². The lowest BCUT2D eigenvalue weighted by molar-refractivity contribution is 0.129. The van der Waals surface area contributed by atoms with E-state index in [0.717, 1.165) is 21.7 Å². The van der Waals surface area contributed by atoms with Crippen LogP contribution in [0.4, 0.5) is 0 Å². The van der Waals surface area contributed by atoms with Crippen LogP contribution in [-0.4, -0.2) is 6.10 Å². The first-order valence-corrected chi connectivity index (χ1v) is 7.57. The number of nitrogens with two attached hydrogens (primary N) is 1. The minimum atomic E-state index is 0.0446. The van der Waals surface area contributed by atoms with Crippen LogP contribution >= 0.6 is 15.9 Å². The third kappa shape index (κ3) is 3.48. The molecule has 1 fully saturated rings. The van der Waals surface area contributed by atoms with Crippen LogP contribution in [0.3, 0.4) is 0 Å². The Morgan fingerprint density at radius 3 is 2.78 bits per heavy atom. The van der Waals surface area contributed by atoms with Crippen LogP contribution in [0.15, 0.2) is 22.7 Å². The first-order chi connectivity index (χ1) is 8.56. The third-order valence-corrected chi connectivity index (χ3v) is 4.34. The van der Waals surface area contributed by atoms with Gasteiger partial charge in [-0.1, -0.05) is 35.3 Å². The van der Waals surface area contributed by atoms with Crippen LogP contribution in [0.1, 0.15) is 51.1 Å². The number of halogens is 1. The molecule has 2 nitrogen and oxygen atoms in total. The molecule has 0 heterocycles. The molecule has 1 aliphatic carbocycles. The Morgan fingerprint density at radius 1 is 1.39 bits per heavy atom. The molecular formula is C15H22BrNO. The highest BCUT2D eigenvalue weighted by molar-refractivity contribution is 9.10. The van der Waals surface area contributed by atoms with Crippen molar-refractivity contribution in [1.29, 1.82) is 0 Å². The number of benzene rings is 1. The van der Waals surface area contributed by atoms with Gasteiger partial charge in [0, 0.05) is 10.5 Å². The number of rotatable bonds is 3. The summed E-state index contributed by atoms with van der Waals surface area (Å²) in [6.45, 7) is 4.30. The first-order valence-electron chi connectivity index (χ1n) is 6.78. The standard InChI is InChI=1S/C15H22BrNO/c1-10-4-3-5-12(8-10)18-13-6-7-14(11(2)17)15(16)9-13/h6-7,9-12H,3-5,8,17H2,1-2H3/t10?,11-,12?/m1/s1. The maximum Gasteiger partial charge on any atom is 0.120 e. The Morgan fingerprint density at radius 2 is 2.17 bits per heavy atom. The van der Waals surface area contributed by atoms with E-state index < -0.39 is 0 Å². The van der Waals surface area contributed by atoms with Crippen molar-refractivity contribution >= 4 is 15.9 Å². The van der Waals surface area contributed by atoms with E-state index >= 15 is 0 Å². The topological polar surface area (TPSA) is 35.2 Å². The zero-order chi connectivity index (χ0) is 13.1. The lowest BCUT2D eigenvalue weighted by atomic mass is 9.89. The predicted molar refractivity (Wildman–Crippen MR) is 78.8 cm³/mol. The van der Waals surface area contributed by atoms with E-state index in [-0.39, 0.29) is 6.04 Å². The van der Waals surface area contributed by atoms with Crippen molar-refractivity contribution in [2.24, 2.45) is 11.7 Å². The van der Waals surface area contributed by atoms with Gasteiger partial charge >= 0.3 is 0 Å². The van der Waals surface area contributed by atoms with Crippen molar-refractivity contribution in [2.75, 3.05) is 0 Å². The van der Waals surface area contributed by atoms with Crippen LogP contribution in [0.5, 0.6) is 5.75 Å². The molecule has 18 heavy (non-hydrogen) atoms. The zero-order valence-corrected chi connectivity index (χ0v) is 12.7. The Kier molecular flexibility index (Phi) is 4.68. The van der Waals surface area contributed by atoms with Gasteiger partial charge in [0.1, 0.15) is 5.75 Å². The van der Waals surface area contributed by atoms with E-state index in [9.17, 15) is 0 Å². The minimum absolute atomic E-state index is 0.0446. The molecule has 0 amide bonds. The molecule has 1 saturated carbocycles. The summed E-state index contributed by atoms with van der Waals surface area (Å²) in [5, 5.41) is 0. The maximum atomic E-state index is 6.07. The fraction of sp³-hybridized carbons (Fsp3) is 0.600. The fourth-order valence-electron chi connectivity index (χ4n) is 2.63. The van der Waals surface area contributed by atoms with E-state index in [4.69, 9.17) is 10.5 Å². The summed E-state index contributed by atoms with van der Waals surface area (Å²) in [5.74, 6) is 1.74. The van der Waals surface area contributed by atoms with Crippen molar-refractivity contribution in [3.8, 4) is 5.75 Å². The van der Waals surface area contributed by atoms with Gasteiger partial charge in [-0.05, 0) is 49.8 Å². The Hall–Kier alpha value is -0.540. The van der Waals surface area contributed by atoms with Crippen molar-refractivity contribution in [3.63, 3.8) is 0 Å². The summed E-state index contributed by atoms with van der Waals surface area (Å²) in [4.78, 5) is 0. The normalized spacial score (nSPS) is 25.8. The first kappa shape index (κ1) is 13.9. The number of hydrogen-bond donors (Lipinski definition) is 1. The molecule has 3 heteroatoms. The molecule has 2 unspecified atom stereocenters. The minimum Gasteiger partial charge on any atom is -0.490 e. The van der Waals surface area contributed by atoms with E-state index in [1.807, 2.05) is 19.1 Å². The summed E-state index contributed by atoms with van der Waals surface area (Å²) in [6, 6.07) is 6.17. The molecule has 3 atom stereocenters. The molecular weight excluding hydrogens is 290 g/mol. The van der Waals surface area contributed by atoms with Crippen molar-refractivity contribution in [2.45, 2.75) is 51.7 Å². The largest absolute Gasteiger partial charge is 0.490 e. The van der Waals surface area contributed by atoms with Gasteiger partial charge in [0.2, 0.25) is 0 Å². The van der Waals surface area contributed by atoms with Crippen LogP contribution in [0.2, 0.25) is 0 Å². The molecule has 0 bridgehead atoms. The van der Waals surface area contributed by atoms with Gasteiger partial charge in [-0.3, -0.25) is 0 Å². The highest BCUT2D eigenvalue weighted by atomic mass is 79.9. The summed E-state index contributed by atoms with van der Waals surface area (Å²) in [6.07, 6.45) is 5.35. The second-order valence-electron chi connectivity index (χ2n) is 5.48. The molecule has 1 aliphatic rings. The Labute approximate surface area is 118 Å². The van der Waals surface area contributed by atoms with E-state index in [1.54, 1.807) is 0 Å². The maximum absolute atomic E-state index is 6.07. The molecule has 0 aromatic heterocycles.